The third-order valence-electron chi connectivity index (χ3n) is 1.53. The number of rotatable bonds is 7. The van der Waals surface area contributed by atoms with Crippen molar-refractivity contribution in [2.75, 3.05) is 18.3 Å². The Morgan fingerprint density at radius 1 is 1.12 bits per heavy atom. The lowest BCUT2D eigenvalue weighted by molar-refractivity contribution is 0.268. The van der Waals surface area contributed by atoms with E-state index in [0.717, 1.165) is 0 Å². The largest absolute Gasteiger partial charge is 0.339 e. The molecule has 17 heavy (non-hydrogen) atoms. The summed E-state index contributed by atoms with van der Waals surface area (Å²) >= 11 is 1.15. The van der Waals surface area contributed by atoms with Gasteiger partial charge in [0.05, 0.1) is 0 Å². The first-order valence-corrected chi connectivity index (χ1v) is 9.40. The minimum atomic E-state index is -4.61. The van der Waals surface area contributed by atoms with Gasteiger partial charge in [-0.1, -0.05) is 0 Å². The Balaban J connectivity index is 5.02. The fourth-order valence-electron chi connectivity index (χ4n) is 1.01. The molecule has 9 nitrogen and oxygen atoms in total. The molecule has 0 aliphatic rings. The van der Waals surface area contributed by atoms with Crippen molar-refractivity contribution < 1.29 is 37.5 Å². The SMILES string of the molecule is O=S(O)[C@H](CS)N(CP(=O)(O)O)CP(=O)(O)O. The maximum absolute atomic E-state index is 10.9. The monoisotopic (exact) mass is 329 g/mol. The van der Waals surface area contributed by atoms with Gasteiger partial charge in [-0.25, -0.2) is 4.21 Å². The summed E-state index contributed by atoms with van der Waals surface area (Å²) in [6.07, 6.45) is -2.06. The topological polar surface area (TPSA) is 156 Å². The molecule has 0 spiro atoms. The van der Waals surface area contributed by atoms with E-state index in [4.69, 9.17) is 24.1 Å². The van der Waals surface area contributed by atoms with Gasteiger partial charge in [0, 0.05) is 5.75 Å². The molecule has 0 bridgehead atoms. The van der Waals surface area contributed by atoms with Crippen LogP contribution in [0.1, 0.15) is 0 Å². The molecular formula is C4H13NO8P2S2. The van der Waals surface area contributed by atoms with Crippen molar-refractivity contribution in [1.82, 2.24) is 4.90 Å². The van der Waals surface area contributed by atoms with Gasteiger partial charge in [-0.3, -0.25) is 14.0 Å². The van der Waals surface area contributed by atoms with Crippen LogP contribution in [-0.4, -0.2) is 56.9 Å². The molecule has 104 valence electrons. The van der Waals surface area contributed by atoms with E-state index >= 15 is 0 Å². The summed E-state index contributed by atoms with van der Waals surface area (Å²) in [5.41, 5.74) is 0. The molecule has 0 heterocycles. The van der Waals surface area contributed by atoms with Crippen LogP contribution in [-0.2, 0) is 20.2 Å². The van der Waals surface area contributed by atoms with Gasteiger partial charge in [0.15, 0.2) is 11.1 Å². The normalized spacial score (nSPS) is 17.1. The minimum Gasteiger partial charge on any atom is -0.324 e. The fraction of sp³-hybridized carbons (Fsp3) is 1.00. The van der Waals surface area contributed by atoms with Gasteiger partial charge in [-0.2, -0.15) is 12.6 Å². The Kier molecular flexibility index (Phi) is 7.05. The zero-order chi connectivity index (χ0) is 13.9. The van der Waals surface area contributed by atoms with Gasteiger partial charge in [0.1, 0.15) is 17.9 Å². The van der Waals surface area contributed by atoms with E-state index in [1.54, 1.807) is 0 Å². The van der Waals surface area contributed by atoms with Crippen LogP contribution in [0, 0.1) is 0 Å². The third kappa shape index (κ3) is 8.44. The molecule has 0 aromatic heterocycles. The molecule has 0 fully saturated rings. The lowest BCUT2D eigenvalue weighted by atomic mass is 10.7. The van der Waals surface area contributed by atoms with Crippen molar-refractivity contribution in [3.8, 4) is 0 Å². The molecule has 0 radical (unpaired) electrons. The summed E-state index contributed by atoms with van der Waals surface area (Å²) in [5, 5.41) is -1.38. The Morgan fingerprint density at radius 2 is 1.47 bits per heavy atom. The number of hydrogen-bond donors (Lipinski definition) is 6. The lowest BCUT2D eigenvalue weighted by Gasteiger charge is -2.28. The van der Waals surface area contributed by atoms with Gasteiger partial charge in [-0.15, -0.1) is 0 Å². The summed E-state index contributed by atoms with van der Waals surface area (Å²) in [6, 6.07) is 0. The molecule has 0 aromatic rings. The van der Waals surface area contributed by atoms with Crippen LogP contribution in [0.5, 0.6) is 0 Å². The van der Waals surface area contributed by atoms with Crippen molar-refractivity contribution in [3.63, 3.8) is 0 Å². The Morgan fingerprint density at radius 3 is 1.65 bits per heavy atom. The van der Waals surface area contributed by atoms with Gasteiger partial charge in [-0.05, 0) is 0 Å². The quantitative estimate of drug-likeness (QED) is 0.197. The number of nitrogens with zero attached hydrogens (tertiary/aromatic N) is 1. The van der Waals surface area contributed by atoms with Crippen LogP contribution in [0.2, 0.25) is 0 Å². The van der Waals surface area contributed by atoms with E-state index in [9.17, 15) is 13.3 Å². The molecule has 5 N–H and O–H groups in total. The van der Waals surface area contributed by atoms with Gasteiger partial charge >= 0.3 is 15.2 Å². The number of hydrogen-bond acceptors (Lipinski definition) is 5. The van der Waals surface area contributed by atoms with Crippen LogP contribution < -0.4 is 0 Å². The lowest BCUT2D eigenvalue weighted by Crippen LogP contribution is -2.40. The summed E-state index contributed by atoms with van der Waals surface area (Å²) in [4.78, 5) is 35.4. The fourth-order valence-corrected chi connectivity index (χ4v) is 4.07. The molecule has 0 aliphatic heterocycles. The third-order valence-corrected chi connectivity index (χ3v) is 4.51. The molecule has 0 rings (SSSR count). The van der Waals surface area contributed by atoms with Gasteiger partial charge in [0.25, 0.3) is 0 Å². The predicted octanol–water partition coefficient (Wildman–Crippen LogP) is -0.964. The van der Waals surface area contributed by atoms with Crippen molar-refractivity contribution in [1.29, 1.82) is 0 Å². The summed E-state index contributed by atoms with van der Waals surface area (Å²) in [5.74, 6) is -0.289. The second-order valence-corrected chi connectivity index (χ2v) is 7.80. The Labute approximate surface area is 105 Å². The van der Waals surface area contributed by atoms with Gasteiger partial charge < -0.3 is 24.1 Å². The van der Waals surface area contributed by atoms with Crippen LogP contribution >= 0.6 is 27.8 Å². The van der Waals surface area contributed by atoms with Crippen molar-refractivity contribution in [2.45, 2.75) is 5.37 Å². The average molecular weight is 329 g/mol. The minimum absolute atomic E-state index is 0.289. The molecule has 0 amide bonds. The highest BCUT2D eigenvalue weighted by Crippen LogP contribution is 2.41. The zero-order valence-corrected chi connectivity index (χ0v) is 11.9. The zero-order valence-electron chi connectivity index (χ0n) is 8.36. The van der Waals surface area contributed by atoms with E-state index in [2.05, 4.69) is 12.6 Å². The highest BCUT2D eigenvalue weighted by atomic mass is 32.2. The Hall–Kier alpha value is 0.720. The predicted molar refractivity (Wildman–Crippen MR) is 64.1 cm³/mol. The highest BCUT2D eigenvalue weighted by Gasteiger charge is 2.33. The average Bonchev–Trinajstić information content (AvgIpc) is 1.96. The number of thiol groups is 1. The van der Waals surface area contributed by atoms with Crippen molar-refractivity contribution in [2.24, 2.45) is 0 Å². The van der Waals surface area contributed by atoms with Crippen LogP contribution in [0.4, 0.5) is 0 Å². The van der Waals surface area contributed by atoms with E-state index < -0.39 is 44.2 Å². The molecule has 2 atom stereocenters. The summed E-state index contributed by atoms with van der Waals surface area (Å²) in [6.45, 7) is 0. The first-order valence-electron chi connectivity index (χ1n) is 4.00. The van der Waals surface area contributed by atoms with E-state index in [1.807, 2.05) is 0 Å². The van der Waals surface area contributed by atoms with Crippen LogP contribution in [0.15, 0.2) is 0 Å². The molecule has 1 unspecified atom stereocenters. The van der Waals surface area contributed by atoms with Crippen LogP contribution in [0.3, 0.4) is 0 Å². The first kappa shape index (κ1) is 17.7. The molecule has 0 aliphatic carbocycles. The van der Waals surface area contributed by atoms with Crippen molar-refractivity contribution >= 4 is 38.9 Å². The highest BCUT2D eigenvalue weighted by molar-refractivity contribution is 7.84. The first-order chi connectivity index (χ1) is 7.46. The van der Waals surface area contributed by atoms with Crippen LogP contribution in [0.25, 0.3) is 0 Å². The summed E-state index contributed by atoms with van der Waals surface area (Å²) in [7, 11) is -9.22. The van der Waals surface area contributed by atoms with E-state index in [0.29, 0.717) is 4.90 Å². The smallest absolute Gasteiger partial charge is 0.324 e. The second-order valence-electron chi connectivity index (χ2n) is 3.11. The van der Waals surface area contributed by atoms with Crippen molar-refractivity contribution in [3.05, 3.63) is 0 Å². The van der Waals surface area contributed by atoms with Gasteiger partial charge in [0.2, 0.25) is 0 Å². The standard InChI is InChI=1S/C4H13NO8P2S2/c6-14(7,8)2-5(3-15(9,10)11)4(1-16)17(12)13/h4,16H,1-3H2,(H,12,13)(H2,6,7,8)(H2,9,10,11)/t4-/m1/s1. The second kappa shape index (κ2) is 6.76. The summed E-state index contributed by atoms with van der Waals surface area (Å²) < 4.78 is 41.2. The molecular weight excluding hydrogens is 316 g/mol. The maximum Gasteiger partial charge on any atom is 0.339 e. The molecule has 13 heteroatoms. The molecule has 0 saturated heterocycles. The maximum atomic E-state index is 10.9. The molecule has 0 saturated carbocycles. The Bertz CT molecular complexity index is 341. The molecule has 0 aromatic carbocycles. The van der Waals surface area contributed by atoms with E-state index in [1.165, 1.54) is 0 Å². The van der Waals surface area contributed by atoms with E-state index in [-0.39, 0.29) is 5.75 Å².